The topological polar surface area (TPSA) is 89.7 Å². The predicted molar refractivity (Wildman–Crippen MR) is 79.0 cm³/mol. The lowest BCUT2D eigenvalue weighted by Crippen LogP contribution is -1.98. The number of hydrogen-bond acceptors (Lipinski definition) is 4. The van der Waals surface area contributed by atoms with Gasteiger partial charge >= 0.3 is 11.7 Å². The van der Waals surface area contributed by atoms with Gasteiger partial charge in [-0.25, -0.2) is 4.79 Å². The van der Waals surface area contributed by atoms with Crippen molar-refractivity contribution in [1.29, 1.82) is 0 Å². The van der Waals surface area contributed by atoms with Crippen molar-refractivity contribution in [3.8, 4) is 11.5 Å². The molecule has 0 aliphatic rings. The van der Waals surface area contributed by atoms with Crippen molar-refractivity contribution in [2.75, 3.05) is 0 Å². The van der Waals surface area contributed by atoms with Crippen LogP contribution >= 0.6 is 15.9 Å². The molecule has 0 unspecified atom stereocenters. The van der Waals surface area contributed by atoms with Crippen LogP contribution in [0.3, 0.4) is 0 Å². The van der Waals surface area contributed by atoms with Gasteiger partial charge in [0.15, 0.2) is 0 Å². The summed E-state index contributed by atoms with van der Waals surface area (Å²) in [6.45, 7) is 1.70. The van der Waals surface area contributed by atoms with E-state index in [1.807, 2.05) is 0 Å². The molecule has 21 heavy (non-hydrogen) atoms. The first-order valence-corrected chi connectivity index (χ1v) is 6.64. The van der Waals surface area contributed by atoms with Crippen LogP contribution < -0.4 is 4.74 Å². The molecular weight excluding hydrogens is 342 g/mol. The third-order valence-electron chi connectivity index (χ3n) is 2.78. The number of nitro benzene ring substituents is 1. The normalized spacial score (nSPS) is 10.2. The van der Waals surface area contributed by atoms with E-state index in [9.17, 15) is 14.9 Å². The molecule has 6 nitrogen and oxygen atoms in total. The van der Waals surface area contributed by atoms with Crippen LogP contribution in [0.4, 0.5) is 5.69 Å². The number of carboxylic acid groups (broad SMARTS) is 1. The lowest BCUT2D eigenvalue weighted by Gasteiger charge is -2.10. The van der Waals surface area contributed by atoms with Gasteiger partial charge in [-0.15, -0.1) is 0 Å². The van der Waals surface area contributed by atoms with E-state index < -0.39 is 10.9 Å². The molecule has 0 aromatic heterocycles. The van der Waals surface area contributed by atoms with Gasteiger partial charge in [-0.05, 0) is 46.6 Å². The summed E-state index contributed by atoms with van der Waals surface area (Å²) in [5.74, 6) is -0.632. The summed E-state index contributed by atoms with van der Waals surface area (Å²) < 4.78 is 5.99. The number of halogens is 1. The summed E-state index contributed by atoms with van der Waals surface area (Å²) in [7, 11) is 0. The van der Waals surface area contributed by atoms with Crippen molar-refractivity contribution in [1.82, 2.24) is 0 Å². The Hall–Kier alpha value is -2.41. The van der Waals surface area contributed by atoms with E-state index in [0.29, 0.717) is 15.8 Å². The third-order valence-corrected chi connectivity index (χ3v) is 3.40. The number of carbonyl (C=O) groups is 1. The lowest BCUT2D eigenvalue weighted by molar-refractivity contribution is -0.385. The van der Waals surface area contributed by atoms with Crippen molar-refractivity contribution in [2.24, 2.45) is 0 Å². The maximum absolute atomic E-state index is 11.0. The summed E-state index contributed by atoms with van der Waals surface area (Å²) in [5, 5.41) is 19.9. The fraction of sp³-hybridized carbons (Fsp3) is 0.0714. The lowest BCUT2D eigenvalue weighted by atomic mass is 10.2. The molecule has 0 amide bonds. The maximum Gasteiger partial charge on any atom is 0.335 e. The molecule has 0 spiro atoms. The molecule has 2 aromatic carbocycles. The van der Waals surface area contributed by atoms with Gasteiger partial charge in [0.2, 0.25) is 5.75 Å². The fourth-order valence-corrected chi connectivity index (χ4v) is 2.20. The molecule has 0 atom stereocenters. The Kier molecular flexibility index (Phi) is 4.23. The zero-order chi connectivity index (χ0) is 15.6. The molecule has 0 saturated carbocycles. The zero-order valence-corrected chi connectivity index (χ0v) is 12.5. The van der Waals surface area contributed by atoms with E-state index in [-0.39, 0.29) is 17.0 Å². The van der Waals surface area contributed by atoms with E-state index in [4.69, 9.17) is 9.84 Å². The zero-order valence-electron chi connectivity index (χ0n) is 10.9. The standard InChI is InChI=1S/C14H10BrNO5/c1-8-3-2-4-11(16(19)20)13(8)21-12-6-5-9(14(17)18)7-10(12)15/h2-7H,1H3,(H,17,18). The molecule has 0 saturated heterocycles. The molecule has 1 N–H and O–H groups in total. The van der Waals surface area contributed by atoms with Gasteiger partial charge in [-0.3, -0.25) is 10.1 Å². The van der Waals surface area contributed by atoms with Crippen LogP contribution in [0.15, 0.2) is 40.9 Å². The largest absolute Gasteiger partial charge is 0.478 e. The molecule has 0 radical (unpaired) electrons. The molecule has 7 heteroatoms. The Morgan fingerprint density at radius 1 is 1.33 bits per heavy atom. The number of carboxylic acids is 1. The maximum atomic E-state index is 11.0. The number of benzene rings is 2. The number of hydrogen-bond donors (Lipinski definition) is 1. The Labute approximate surface area is 128 Å². The number of para-hydroxylation sites is 1. The second kappa shape index (κ2) is 5.92. The Balaban J connectivity index is 2.44. The van der Waals surface area contributed by atoms with Gasteiger partial charge in [-0.2, -0.15) is 0 Å². The molecule has 0 aliphatic carbocycles. The first-order valence-electron chi connectivity index (χ1n) is 5.85. The van der Waals surface area contributed by atoms with Crippen molar-refractivity contribution in [2.45, 2.75) is 6.92 Å². The second-order valence-corrected chi connectivity index (χ2v) is 5.09. The van der Waals surface area contributed by atoms with Gasteiger partial charge in [0.1, 0.15) is 5.75 Å². The second-order valence-electron chi connectivity index (χ2n) is 4.23. The Morgan fingerprint density at radius 3 is 2.62 bits per heavy atom. The first kappa shape index (κ1) is 15.0. The monoisotopic (exact) mass is 351 g/mol. The van der Waals surface area contributed by atoms with Gasteiger partial charge in [0.05, 0.1) is 15.0 Å². The number of ether oxygens (including phenoxy) is 1. The molecule has 0 bridgehead atoms. The minimum Gasteiger partial charge on any atom is -0.478 e. The quantitative estimate of drug-likeness (QED) is 0.659. The molecule has 108 valence electrons. The summed E-state index contributed by atoms with van der Waals surface area (Å²) in [6.07, 6.45) is 0. The first-order chi connectivity index (χ1) is 9.90. The molecule has 0 heterocycles. The highest BCUT2D eigenvalue weighted by molar-refractivity contribution is 9.10. The Bertz CT molecular complexity index is 729. The SMILES string of the molecule is Cc1cccc([N+](=O)[O-])c1Oc1ccc(C(=O)O)cc1Br. The van der Waals surface area contributed by atoms with Crippen molar-refractivity contribution >= 4 is 27.6 Å². The minimum absolute atomic E-state index is 0.0912. The van der Waals surface area contributed by atoms with Crippen LogP contribution in [-0.4, -0.2) is 16.0 Å². The van der Waals surface area contributed by atoms with Gasteiger partial charge in [0, 0.05) is 6.07 Å². The highest BCUT2D eigenvalue weighted by Gasteiger charge is 2.19. The highest BCUT2D eigenvalue weighted by atomic mass is 79.9. The van der Waals surface area contributed by atoms with Crippen molar-refractivity contribution < 1.29 is 19.6 Å². The smallest absolute Gasteiger partial charge is 0.335 e. The van der Waals surface area contributed by atoms with Crippen LogP contribution in [0.2, 0.25) is 0 Å². The van der Waals surface area contributed by atoms with E-state index in [1.54, 1.807) is 19.1 Å². The average molecular weight is 352 g/mol. The summed E-state index contributed by atoms with van der Waals surface area (Å²) in [4.78, 5) is 21.4. The van der Waals surface area contributed by atoms with Crippen LogP contribution in [-0.2, 0) is 0 Å². The van der Waals surface area contributed by atoms with E-state index >= 15 is 0 Å². The van der Waals surface area contributed by atoms with E-state index in [0.717, 1.165) is 0 Å². The van der Waals surface area contributed by atoms with Gasteiger partial charge in [-0.1, -0.05) is 12.1 Å². The average Bonchev–Trinajstić information content (AvgIpc) is 2.42. The summed E-state index contributed by atoms with van der Waals surface area (Å²) in [5.41, 5.74) is 0.552. The molecule has 0 fully saturated rings. The van der Waals surface area contributed by atoms with E-state index in [2.05, 4.69) is 15.9 Å². The molecule has 0 aliphatic heterocycles. The number of nitrogens with zero attached hydrogens (tertiary/aromatic N) is 1. The number of nitro groups is 1. The van der Waals surface area contributed by atoms with Gasteiger partial charge in [0.25, 0.3) is 0 Å². The minimum atomic E-state index is -1.07. The number of aryl methyl sites for hydroxylation is 1. The van der Waals surface area contributed by atoms with Crippen LogP contribution in [0.5, 0.6) is 11.5 Å². The van der Waals surface area contributed by atoms with Crippen molar-refractivity contribution in [3.63, 3.8) is 0 Å². The molecule has 2 rings (SSSR count). The number of aromatic carboxylic acids is 1. The number of rotatable bonds is 4. The van der Waals surface area contributed by atoms with Crippen LogP contribution in [0.1, 0.15) is 15.9 Å². The van der Waals surface area contributed by atoms with Crippen molar-refractivity contribution in [3.05, 3.63) is 62.1 Å². The molecular formula is C14H10BrNO5. The Morgan fingerprint density at radius 2 is 2.05 bits per heavy atom. The fourth-order valence-electron chi connectivity index (χ4n) is 1.74. The predicted octanol–water partition coefficient (Wildman–Crippen LogP) is 4.16. The van der Waals surface area contributed by atoms with Gasteiger partial charge < -0.3 is 9.84 Å². The summed E-state index contributed by atoms with van der Waals surface area (Å²) >= 11 is 3.20. The molecule has 2 aromatic rings. The van der Waals surface area contributed by atoms with Crippen LogP contribution in [0, 0.1) is 17.0 Å². The van der Waals surface area contributed by atoms with Crippen LogP contribution in [0.25, 0.3) is 0 Å². The third kappa shape index (κ3) is 3.19. The summed E-state index contributed by atoms with van der Waals surface area (Å²) in [6, 6.07) is 8.81. The highest BCUT2D eigenvalue weighted by Crippen LogP contribution is 2.37. The van der Waals surface area contributed by atoms with E-state index in [1.165, 1.54) is 24.3 Å².